The quantitative estimate of drug-likeness (QED) is 0.895. The fraction of sp³-hybridized carbons (Fsp3) is 0.538. The Morgan fingerprint density at radius 2 is 2.05 bits per heavy atom. The van der Waals surface area contributed by atoms with Gasteiger partial charge in [-0.05, 0) is 31.0 Å². The molecule has 0 spiro atoms. The van der Waals surface area contributed by atoms with Crippen LogP contribution < -0.4 is 4.90 Å². The van der Waals surface area contributed by atoms with Crippen LogP contribution in [0.3, 0.4) is 0 Å². The van der Waals surface area contributed by atoms with Gasteiger partial charge in [-0.15, -0.1) is 0 Å². The Labute approximate surface area is 112 Å². The number of rotatable bonds is 2. The molecule has 1 atom stereocenters. The van der Waals surface area contributed by atoms with Gasteiger partial charge in [0.25, 0.3) is 0 Å². The summed E-state index contributed by atoms with van der Waals surface area (Å²) in [5.74, 6) is -0.195. The first kappa shape index (κ1) is 14.3. The molecule has 19 heavy (non-hydrogen) atoms. The second kappa shape index (κ2) is 5.46. The molecule has 2 rings (SSSR count). The SMILES string of the molecule is C[C@@H](O)c1ccc(N2CCCS(=O)(=O)CC2)c(F)c1. The average molecular weight is 287 g/mol. The van der Waals surface area contributed by atoms with Gasteiger partial charge in [0.05, 0.1) is 23.3 Å². The van der Waals surface area contributed by atoms with Crippen molar-refractivity contribution >= 4 is 15.5 Å². The lowest BCUT2D eigenvalue weighted by molar-refractivity contribution is 0.199. The molecule has 1 N–H and O–H groups in total. The molecular weight excluding hydrogens is 269 g/mol. The van der Waals surface area contributed by atoms with Gasteiger partial charge in [0.2, 0.25) is 0 Å². The Hall–Kier alpha value is -1.14. The standard InChI is InChI=1S/C13H18FNO3S/c1-10(16)11-3-4-13(12(14)9-11)15-5-2-7-19(17,18)8-6-15/h3-4,9-10,16H,2,5-8H2,1H3/t10-/m1/s1. The van der Waals surface area contributed by atoms with Crippen molar-refractivity contribution < 1.29 is 17.9 Å². The fourth-order valence-electron chi connectivity index (χ4n) is 2.22. The third-order valence-electron chi connectivity index (χ3n) is 3.35. The predicted octanol–water partition coefficient (Wildman–Crippen LogP) is 1.50. The number of halogens is 1. The smallest absolute Gasteiger partial charge is 0.152 e. The molecule has 1 aliphatic heterocycles. The molecule has 1 aromatic carbocycles. The highest BCUT2D eigenvalue weighted by Gasteiger charge is 2.21. The van der Waals surface area contributed by atoms with E-state index in [1.807, 2.05) is 0 Å². The van der Waals surface area contributed by atoms with Crippen molar-refractivity contribution in [1.82, 2.24) is 0 Å². The van der Waals surface area contributed by atoms with Crippen LogP contribution in [0.2, 0.25) is 0 Å². The lowest BCUT2D eigenvalue weighted by Gasteiger charge is -2.23. The highest BCUT2D eigenvalue weighted by Crippen LogP contribution is 2.24. The molecule has 6 heteroatoms. The molecule has 1 fully saturated rings. The van der Waals surface area contributed by atoms with Crippen molar-refractivity contribution in [1.29, 1.82) is 0 Å². The number of nitrogens with zero attached hydrogens (tertiary/aromatic N) is 1. The van der Waals surface area contributed by atoms with Crippen molar-refractivity contribution in [2.45, 2.75) is 19.4 Å². The third-order valence-corrected chi connectivity index (χ3v) is 5.07. The van der Waals surface area contributed by atoms with Crippen molar-refractivity contribution in [3.05, 3.63) is 29.6 Å². The van der Waals surface area contributed by atoms with E-state index in [4.69, 9.17) is 0 Å². The first-order valence-electron chi connectivity index (χ1n) is 6.32. The first-order chi connectivity index (χ1) is 8.89. The van der Waals surface area contributed by atoms with Crippen LogP contribution in [0.5, 0.6) is 0 Å². The molecular formula is C13H18FNO3S. The largest absolute Gasteiger partial charge is 0.389 e. The molecule has 0 aromatic heterocycles. The Bertz CT molecular complexity index is 557. The summed E-state index contributed by atoms with van der Waals surface area (Å²) in [6, 6.07) is 4.58. The van der Waals surface area contributed by atoms with E-state index < -0.39 is 21.8 Å². The fourth-order valence-corrected chi connectivity index (χ4v) is 3.49. The minimum Gasteiger partial charge on any atom is -0.389 e. The van der Waals surface area contributed by atoms with E-state index in [1.54, 1.807) is 24.0 Å². The predicted molar refractivity (Wildman–Crippen MR) is 72.5 cm³/mol. The van der Waals surface area contributed by atoms with Crippen LogP contribution in [-0.2, 0) is 9.84 Å². The van der Waals surface area contributed by atoms with Gasteiger partial charge in [0.1, 0.15) is 5.82 Å². The summed E-state index contributed by atoms with van der Waals surface area (Å²) in [5, 5.41) is 9.40. The molecule has 0 bridgehead atoms. The Morgan fingerprint density at radius 1 is 1.32 bits per heavy atom. The molecule has 0 radical (unpaired) electrons. The average Bonchev–Trinajstić information content (AvgIpc) is 2.50. The Balaban J connectivity index is 2.22. The van der Waals surface area contributed by atoms with E-state index in [0.717, 1.165) is 0 Å². The summed E-state index contributed by atoms with van der Waals surface area (Å²) < 4.78 is 37.1. The summed E-state index contributed by atoms with van der Waals surface area (Å²) in [6.07, 6.45) is -0.201. The van der Waals surface area contributed by atoms with E-state index in [2.05, 4.69) is 0 Å². The van der Waals surface area contributed by atoms with E-state index in [9.17, 15) is 17.9 Å². The highest BCUT2D eigenvalue weighted by molar-refractivity contribution is 7.91. The maximum atomic E-state index is 14.0. The minimum atomic E-state index is -3.00. The van der Waals surface area contributed by atoms with Crippen LogP contribution in [0.1, 0.15) is 25.0 Å². The van der Waals surface area contributed by atoms with Gasteiger partial charge in [-0.1, -0.05) is 6.07 Å². The van der Waals surface area contributed by atoms with E-state index in [-0.39, 0.29) is 11.5 Å². The lowest BCUT2D eigenvalue weighted by atomic mass is 10.1. The monoisotopic (exact) mass is 287 g/mol. The molecule has 1 heterocycles. The molecule has 1 aliphatic rings. The molecule has 1 saturated heterocycles. The number of sulfone groups is 1. The summed E-state index contributed by atoms with van der Waals surface area (Å²) in [4.78, 5) is 1.76. The Morgan fingerprint density at radius 3 is 2.68 bits per heavy atom. The summed E-state index contributed by atoms with van der Waals surface area (Å²) in [7, 11) is -3.00. The van der Waals surface area contributed by atoms with Gasteiger partial charge in [-0.2, -0.15) is 0 Å². The van der Waals surface area contributed by atoms with Crippen LogP contribution in [0.15, 0.2) is 18.2 Å². The number of aliphatic hydroxyl groups excluding tert-OH is 1. The first-order valence-corrected chi connectivity index (χ1v) is 8.14. The molecule has 106 valence electrons. The maximum absolute atomic E-state index is 14.0. The van der Waals surface area contributed by atoms with Crippen LogP contribution in [0.25, 0.3) is 0 Å². The zero-order chi connectivity index (χ0) is 14.0. The number of anilines is 1. The second-order valence-corrected chi connectivity index (χ2v) is 7.18. The number of aliphatic hydroxyl groups is 1. The topological polar surface area (TPSA) is 57.6 Å². The second-order valence-electron chi connectivity index (χ2n) is 4.88. The number of hydrogen-bond donors (Lipinski definition) is 1. The molecule has 4 nitrogen and oxygen atoms in total. The molecule has 0 amide bonds. The van der Waals surface area contributed by atoms with Gasteiger partial charge in [0, 0.05) is 13.1 Å². The minimum absolute atomic E-state index is 0.0601. The van der Waals surface area contributed by atoms with Crippen LogP contribution >= 0.6 is 0 Å². The normalized spacial score (nSPS) is 20.9. The van der Waals surface area contributed by atoms with Crippen LogP contribution in [0, 0.1) is 5.82 Å². The van der Waals surface area contributed by atoms with Crippen molar-refractivity contribution in [2.75, 3.05) is 29.5 Å². The van der Waals surface area contributed by atoms with Gasteiger partial charge >= 0.3 is 0 Å². The summed E-state index contributed by atoms with van der Waals surface area (Å²) in [5.41, 5.74) is 0.921. The van der Waals surface area contributed by atoms with Gasteiger partial charge in [0.15, 0.2) is 9.84 Å². The lowest BCUT2D eigenvalue weighted by Crippen LogP contribution is -2.27. The maximum Gasteiger partial charge on any atom is 0.152 e. The van der Waals surface area contributed by atoms with E-state index >= 15 is 0 Å². The Kier molecular flexibility index (Phi) is 4.10. The zero-order valence-electron chi connectivity index (χ0n) is 10.8. The zero-order valence-corrected chi connectivity index (χ0v) is 11.7. The highest BCUT2D eigenvalue weighted by atomic mass is 32.2. The summed E-state index contributed by atoms with van der Waals surface area (Å²) >= 11 is 0. The van der Waals surface area contributed by atoms with Crippen LogP contribution in [-0.4, -0.2) is 38.1 Å². The number of hydrogen-bond acceptors (Lipinski definition) is 4. The van der Waals surface area contributed by atoms with Gasteiger partial charge < -0.3 is 10.0 Å². The van der Waals surface area contributed by atoms with E-state index in [0.29, 0.717) is 30.8 Å². The van der Waals surface area contributed by atoms with Crippen molar-refractivity contribution in [3.63, 3.8) is 0 Å². The van der Waals surface area contributed by atoms with Crippen molar-refractivity contribution in [2.24, 2.45) is 0 Å². The van der Waals surface area contributed by atoms with E-state index in [1.165, 1.54) is 6.07 Å². The summed E-state index contributed by atoms with van der Waals surface area (Å²) in [6.45, 7) is 2.42. The number of benzene rings is 1. The molecule has 0 aliphatic carbocycles. The third kappa shape index (κ3) is 3.45. The molecule has 1 aromatic rings. The molecule has 0 saturated carbocycles. The molecule has 0 unspecified atom stereocenters. The van der Waals surface area contributed by atoms with Gasteiger partial charge in [-0.3, -0.25) is 0 Å². The van der Waals surface area contributed by atoms with Crippen molar-refractivity contribution in [3.8, 4) is 0 Å². The van der Waals surface area contributed by atoms with Gasteiger partial charge in [-0.25, -0.2) is 12.8 Å². The van der Waals surface area contributed by atoms with Crippen LogP contribution in [0.4, 0.5) is 10.1 Å².